The van der Waals surface area contributed by atoms with Crippen LogP contribution in [-0.4, -0.2) is 31.4 Å². The van der Waals surface area contributed by atoms with E-state index < -0.39 is 29.8 Å². The highest BCUT2D eigenvalue weighted by atomic mass is 19.4. The normalized spacial score (nSPS) is 18.5. The Bertz CT molecular complexity index is 550. The lowest BCUT2D eigenvalue weighted by Gasteiger charge is -2.38. The highest BCUT2D eigenvalue weighted by Crippen LogP contribution is 2.43. The number of benzene rings is 1. The second-order valence-electron chi connectivity index (χ2n) is 5.55. The molecule has 0 atom stereocenters. The summed E-state index contributed by atoms with van der Waals surface area (Å²) in [4.78, 5) is 11.8. The molecule has 1 aliphatic rings. The SMILES string of the molecule is O=C(OC1(c2ccccc2)CCNCC1)C(C(F)(F)F)C(F)(F)F. The Morgan fingerprint density at radius 1 is 1.00 bits per heavy atom. The van der Waals surface area contributed by atoms with Crippen molar-refractivity contribution in [2.75, 3.05) is 13.1 Å². The van der Waals surface area contributed by atoms with E-state index in [1.807, 2.05) is 0 Å². The van der Waals surface area contributed by atoms with Crippen molar-refractivity contribution >= 4 is 5.97 Å². The fourth-order valence-corrected chi connectivity index (χ4v) is 2.73. The van der Waals surface area contributed by atoms with Crippen molar-refractivity contribution in [2.45, 2.75) is 30.8 Å². The monoisotopic (exact) mass is 355 g/mol. The zero-order valence-electron chi connectivity index (χ0n) is 12.4. The fraction of sp³-hybridized carbons (Fsp3) is 0.533. The number of ether oxygens (including phenoxy) is 1. The lowest BCUT2D eigenvalue weighted by molar-refractivity contribution is -0.286. The van der Waals surface area contributed by atoms with Gasteiger partial charge < -0.3 is 10.1 Å². The molecule has 0 amide bonds. The maximum absolute atomic E-state index is 12.7. The van der Waals surface area contributed by atoms with E-state index in [0.29, 0.717) is 18.7 Å². The van der Waals surface area contributed by atoms with E-state index in [4.69, 9.17) is 4.74 Å². The average Bonchev–Trinajstić information content (AvgIpc) is 2.46. The molecule has 1 N–H and O–H groups in total. The molecule has 1 fully saturated rings. The summed E-state index contributed by atoms with van der Waals surface area (Å²) in [6, 6.07) is 7.85. The van der Waals surface area contributed by atoms with Gasteiger partial charge in [0.15, 0.2) is 0 Å². The molecule has 2 rings (SSSR count). The van der Waals surface area contributed by atoms with Gasteiger partial charge in [0, 0.05) is 12.8 Å². The molecule has 9 heteroatoms. The Kier molecular flexibility index (Phi) is 5.12. The van der Waals surface area contributed by atoms with Crippen molar-refractivity contribution in [1.82, 2.24) is 5.32 Å². The first-order valence-corrected chi connectivity index (χ1v) is 7.19. The molecular formula is C15H15F6NO2. The maximum atomic E-state index is 12.7. The van der Waals surface area contributed by atoms with Gasteiger partial charge in [0.05, 0.1) is 0 Å². The van der Waals surface area contributed by atoms with E-state index in [0.717, 1.165) is 0 Å². The van der Waals surface area contributed by atoms with Crippen molar-refractivity contribution in [3.63, 3.8) is 0 Å². The van der Waals surface area contributed by atoms with Crippen LogP contribution < -0.4 is 5.32 Å². The third-order valence-electron chi connectivity index (χ3n) is 3.90. The van der Waals surface area contributed by atoms with Crippen molar-refractivity contribution in [3.8, 4) is 0 Å². The first kappa shape index (κ1) is 18.6. The molecule has 0 aliphatic carbocycles. The smallest absolute Gasteiger partial charge is 0.411 e. The number of halogens is 6. The van der Waals surface area contributed by atoms with Crippen LogP contribution in [0.1, 0.15) is 18.4 Å². The van der Waals surface area contributed by atoms with Crippen molar-refractivity contribution in [3.05, 3.63) is 35.9 Å². The standard InChI is InChI=1S/C15H15F6NO2/c16-14(17,18)11(15(19,20)21)12(23)24-13(6-8-22-9-7-13)10-4-2-1-3-5-10/h1-5,11,22H,6-9H2. The minimum absolute atomic E-state index is 0.0885. The first-order valence-electron chi connectivity index (χ1n) is 7.19. The summed E-state index contributed by atoms with van der Waals surface area (Å²) >= 11 is 0. The molecular weight excluding hydrogens is 340 g/mol. The van der Waals surface area contributed by atoms with Gasteiger partial charge >= 0.3 is 18.3 Å². The van der Waals surface area contributed by atoms with Gasteiger partial charge in [-0.3, -0.25) is 4.79 Å². The Morgan fingerprint density at radius 3 is 1.96 bits per heavy atom. The minimum atomic E-state index is -5.76. The molecule has 0 bridgehead atoms. The van der Waals surface area contributed by atoms with Gasteiger partial charge in [-0.2, -0.15) is 26.3 Å². The number of rotatable bonds is 3. The van der Waals surface area contributed by atoms with Crippen molar-refractivity contribution in [2.24, 2.45) is 5.92 Å². The van der Waals surface area contributed by atoms with Crippen LogP contribution in [0.2, 0.25) is 0 Å². The summed E-state index contributed by atoms with van der Waals surface area (Å²) in [5.74, 6) is -6.47. The molecule has 134 valence electrons. The Balaban J connectivity index is 2.34. The lowest BCUT2D eigenvalue weighted by Crippen LogP contribution is -2.49. The molecule has 1 aromatic rings. The molecule has 0 unspecified atom stereocenters. The van der Waals surface area contributed by atoms with Crippen LogP contribution in [0, 0.1) is 5.92 Å². The summed E-state index contributed by atoms with van der Waals surface area (Å²) in [5, 5.41) is 2.94. The van der Waals surface area contributed by atoms with Crippen LogP contribution in [-0.2, 0) is 15.1 Å². The van der Waals surface area contributed by atoms with Crippen molar-refractivity contribution < 1.29 is 35.9 Å². The van der Waals surface area contributed by atoms with Gasteiger partial charge in [0.2, 0.25) is 5.92 Å². The Labute approximate surface area is 134 Å². The highest BCUT2D eigenvalue weighted by molar-refractivity contribution is 5.75. The first-order chi connectivity index (χ1) is 11.1. The number of alkyl halides is 6. The van der Waals surface area contributed by atoms with Crippen LogP contribution in [0.15, 0.2) is 30.3 Å². The maximum Gasteiger partial charge on any atom is 0.411 e. The summed E-state index contributed by atoms with van der Waals surface area (Å²) in [6.45, 7) is 0.621. The van der Waals surface area contributed by atoms with Gasteiger partial charge in [-0.25, -0.2) is 0 Å². The number of hydrogen-bond donors (Lipinski definition) is 1. The van der Waals surface area contributed by atoms with Gasteiger partial charge in [-0.05, 0) is 18.7 Å². The average molecular weight is 355 g/mol. The van der Waals surface area contributed by atoms with E-state index in [1.54, 1.807) is 18.2 Å². The van der Waals surface area contributed by atoms with E-state index >= 15 is 0 Å². The molecule has 24 heavy (non-hydrogen) atoms. The predicted octanol–water partition coefficient (Wildman–Crippen LogP) is 3.55. The number of carbonyl (C=O) groups excluding carboxylic acids is 1. The van der Waals surface area contributed by atoms with E-state index in [2.05, 4.69) is 5.32 Å². The summed E-state index contributed by atoms with van der Waals surface area (Å²) in [6.07, 6.45) is -11.4. The zero-order chi connectivity index (χ0) is 18.0. The number of carbonyl (C=O) groups is 1. The summed E-state index contributed by atoms with van der Waals surface area (Å²) in [5.41, 5.74) is -1.12. The fourth-order valence-electron chi connectivity index (χ4n) is 2.73. The van der Waals surface area contributed by atoms with Gasteiger partial charge in [-0.15, -0.1) is 0 Å². The number of hydrogen-bond acceptors (Lipinski definition) is 3. The van der Waals surface area contributed by atoms with Gasteiger partial charge in [0.25, 0.3) is 0 Å². The molecule has 0 saturated carbocycles. The second kappa shape index (κ2) is 6.62. The third kappa shape index (κ3) is 4.00. The Morgan fingerprint density at radius 2 is 1.50 bits per heavy atom. The molecule has 1 aliphatic heterocycles. The Hall–Kier alpha value is -1.77. The van der Waals surface area contributed by atoms with E-state index in [-0.39, 0.29) is 12.8 Å². The number of piperidine rings is 1. The van der Waals surface area contributed by atoms with Crippen LogP contribution in [0.4, 0.5) is 26.3 Å². The minimum Gasteiger partial charge on any atom is -0.453 e. The van der Waals surface area contributed by atoms with Gasteiger partial charge in [-0.1, -0.05) is 30.3 Å². The molecule has 1 heterocycles. The summed E-state index contributed by atoms with van der Waals surface area (Å²) in [7, 11) is 0. The van der Waals surface area contributed by atoms with Crippen LogP contribution in [0.5, 0.6) is 0 Å². The topological polar surface area (TPSA) is 38.3 Å². The quantitative estimate of drug-likeness (QED) is 0.666. The third-order valence-corrected chi connectivity index (χ3v) is 3.90. The molecule has 0 radical (unpaired) electrons. The molecule has 3 nitrogen and oxygen atoms in total. The second-order valence-corrected chi connectivity index (χ2v) is 5.55. The number of nitrogens with one attached hydrogen (secondary N) is 1. The van der Waals surface area contributed by atoms with E-state index in [9.17, 15) is 31.1 Å². The zero-order valence-corrected chi connectivity index (χ0v) is 12.4. The van der Waals surface area contributed by atoms with Crippen molar-refractivity contribution in [1.29, 1.82) is 0 Å². The lowest BCUT2D eigenvalue weighted by atomic mass is 9.84. The molecule has 1 saturated heterocycles. The van der Waals surface area contributed by atoms with Crippen LogP contribution in [0.3, 0.4) is 0 Å². The predicted molar refractivity (Wildman–Crippen MR) is 71.9 cm³/mol. The highest BCUT2D eigenvalue weighted by Gasteiger charge is 2.63. The number of esters is 1. The molecule has 1 aromatic carbocycles. The molecule has 0 spiro atoms. The summed E-state index contributed by atoms with van der Waals surface area (Å²) < 4.78 is 81.1. The van der Waals surface area contributed by atoms with E-state index in [1.165, 1.54) is 12.1 Å². The van der Waals surface area contributed by atoms with Crippen LogP contribution >= 0.6 is 0 Å². The van der Waals surface area contributed by atoms with Gasteiger partial charge in [0.1, 0.15) is 5.60 Å². The molecule has 0 aromatic heterocycles. The largest absolute Gasteiger partial charge is 0.453 e. The van der Waals surface area contributed by atoms with Crippen LogP contribution in [0.25, 0.3) is 0 Å².